The van der Waals surface area contributed by atoms with E-state index in [1.807, 2.05) is 44.2 Å². The van der Waals surface area contributed by atoms with Gasteiger partial charge in [0.05, 0.1) is 11.9 Å². The third-order valence-electron chi connectivity index (χ3n) is 3.97. The lowest BCUT2D eigenvalue weighted by Gasteiger charge is -2.12. The Morgan fingerprint density at radius 1 is 1.18 bits per heavy atom. The number of nitrogens with one attached hydrogen (secondary N) is 2. The SMILES string of the molecule is CCOc1ccc(NC(=O)C(CC)Sc2c(=O)o[nH][n+]2-c2ccccc2)cc1. The predicted molar refractivity (Wildman–Crippen MR) is 107 cm³/mol. The molecule has 0 saturated heterocycles. The molecule has 0 radical (unpaired) electrons. The summed E-state index contributed by atoms with van der Waals surface area (Å²) in [5.74, 6) is 0.563. The van der Waals surface area contributed by atoms with Crippen molar-refractivity contribution in [3.05, 3.63) is 65.0 Å². The van der Waals surface area contributed by atoms with Crippen LogP contribution in [0.5, 0.6) is 5.75 Å². The summed E-state index contributed by atoms with van der Waals surface area (Å²) in [5, 5.41) is 5.34. The molecule has 0 fully saturated rings. The van der Waals surface area contributed by atoms with Crippen molar-refractivity contribution in [2.75, 3.05) is 11.9 Å². The van der Waals surface area contributed by atoms with E-state index in [9.17, 15) is 9.59 Å². The second-order valence-electron chi connectivity index (χ2n) is 5.92. The van der Waals surface area contributed by atoms with Crippen molar-refractivity contribution in [1.29, 1.82) is 0 Å². The van der Waals surface area contributed by atoms with Crippen molar-refractivity contribution >= 4 is 23.4 Å². The van der Waals surface area contributed by atoms with Gasteiger partial charge in [-0.1, -0.05) is 25.1 Å². The third kappa shape index (κ3) is 4.64. The monoisotopic (exact) mass is 400 g/mol. The van der Waals surface area contributed by atoms with Crippen LogP contribution in [0.25, 0.3) is 5.69 Å². The van der Waals surface area contributed by atoms with Gasteiger partial charge in [0.1, 0.15) is 5.75 Å². The minimum absolute atomic E-state index is 0.183. The Morgan fingerprint density at radius 3 is 2.54 bits per heavy atom. The minimum atomic E-state index is -0.513. The lowest BCUT2D eigenvalue weighted by atomic mass is 10.2. The number of amides is 1. The van der Waals surface area contributed by atoms with Gasteiger partial charge in [-0.2, -0.15) is 0 Å². The smallest absolute Gasteiger partial charge is 0.442 e. The fourth-order valence-electron chi connectivity index (χ4n) is 2.59. The molecule has 2 N–H and O–H groups in total. The number of anilines is 1. The zero-order valence-electron chi connectivity index (χ0n) is 15.7. The van der Waals surface area contributed by atoms with E-state index in [1.54, 1.807) is 28.9 Å². The van der Waals surface area contributed by atoms with Crippen LogP contribution in [-0.4, -0.2) is 23.0 Å². The lowest BCUT2D eigenvalue weighted by Crippen LogP contribution is -2.37. The Bertz CT molecular complexity index is 967. The lowest BCUT2D eigenvalue weighted by molar-refractivity contribution is -0.704. The summed E-state index contributed by atoms with van der Waals surface area (Å²) in [7, 11) is 0. The number of aromatic nitrogens is 2. The van der Waals surface area contributed by atoms with Crippen molar-refractivity contribution in [2.24, 2.45) is 0 Å². The normalized spacial score (nSPS) is 11.8. The molecule has 3 aromatic rings. The van der Waals surface area contributed by atoms with E-state index in [0.29, 0.717) is 23.7 Å². The van der Waals surface area contributed by atoms with E-state index < -0.39 is 10.9 Å². The third-order valence-corrected chi connectivity index (χ3v) is 5.38. The summed E-state index contributed by atoms with van der Waals surface area (Å²) >= 11 is 1.17. The standard InChI is InChI=1S/C20H21N3O4S/c1-3-17(18(24)21-14-10-12-16(13-11-14)26-4-2)28-19-20(25)27-22-23(19)15-8-6-5-7-9-15/h5-13,17H,3-4H2,1-2H3,(H-,21,22,24,25)/p+1. The van der Waals surface area contributed by atoms with Gasteiger partial charge in [-0.3, -0.25) is 9.32 Å². The number of ether oxygens (including phenoxy) is 1. The second kappa shape index (κ2) is 9.27. The van der Waals surface area contributed by atoms with E-state index in [2.05, 4.69) is 10.6 Å². The molecule has 0 aliphatic rings. The fraction of sp³-hybridized carbons (Fsp3) is 0.250. The first-order chi connectivity index (χ1) is 13.6. The van der Waals surface area contributed by atoms with Crippen LogP contribution in [0, 0.1) is 0 Å². The molecule has 0 aliphatic heterocycles. The molecular formula is C20H22N3O4S+. The molecule has 146 valence electrons. The summed E-state index contributed by atoms with van der Waals surface area (Å²) in [5.41, 5.74) is 0.906. The van der Waals surface area contributed by atoms with E-state index in [-0.39, 0.29) is 5.91 Å². The summed E-state index contributed by atoms with van der Waals surface area (Å²) in [6.07, 6.45) is 0.549. The number of benzene rings is 2. The zero-order chi connectivity index (χ0) is 19.9. The molecule has 1 unspecified atom stereocenters. The minimum Gasteiger partial charge on any atom is -0.494 e. The van der Waals surface area contributed by atoms with Crippen LogP contribution >= 0.6 is 11.8 Å². The van der Waals surface area contributed by atoms with Gasteiger partial charge < -0.3 is 10.1 Å². The molecule has 0 spiro atoms. The van der Waals surface area contributed by atoms with Crippen LogP contribution in [0.3, 0.4) is 0 Å². The molecule has 2 aromatic carbocycles. The van der Waals surface area contributed by atoms with E-state index >= 15 is 0 Å². The number of rotatable bonds is 8. The van der Waals surface area contributed by atoms with Crippen molar-refractivity contribution < 1.29 is 18.7 Å². The Balaban J connectivity index is 1.75. The maximum absolute atomic E-state index is 12.7. The average molecular weight is 400 g/mol. The molecule has 1 amide bonds. The summed E-state index contributed by atoms with van der Waals surface area (Å²) in [6, 6.07) is 16.5. The Morgan fingerprint density at radius 2 is 1.89 bits per heavy atom. The van der Waals surface area contributed by atoms with E-state index in [0.717, 1.165) is 11.4 Å². The van der Waals surface area contributed by atoms with Crippen LogP contribution in [-0.2, 0) is 4.79 Å². The first-order valence-corrected chi connectivity index (χ1v) is 9.89. The number of para-hydroxylation sites is 1. The highest BCUT2D eigenvalue weighted by atomic mass is 32.2. The average Bonchev–Trinajstić information content (AvgIpc) is 3.08. The number of carbonyl (C=O) groups is 1. The molecule has 7 nitrogen and oxygen atoms in total. The number of thioether (sulfide) groups is 1. The predicted octanol–water partition coefficient (Wildman–Crippen LogP) is 3.15. The number of carbonyl (C=O) groups excluding carboxylic acids is 1. The largest absolute Gasteiger partial charge is 0.494 e. The highest BCUT2D eigenvalue weighted by Crippen LogP contribution is 2.23. The van der Waals surface area contributed by atoms with Crippen LogP contribution in [0.2, 0.25) is 0 Å². The van der Waals surface area contributed by atoms with Crippen molar-refractivity contribution in [3.8, 4) is 11.4 Å². The second-order valence-corrected chi connectivity index (χ2v) is 7.11. The number of aromatic amines is 1. The molecule has 0 bridgehead atoms. The zero-order valence-corrected chi connectivity index (χ0v) is 16.5. The molecule has 1 heterocycles. The van der Waals surface area contributed by atoms with Gasteiger partial charge in [-0.15, -0.1) is 0 Å². The molecule has 28 heavy (non-hydrogen) atoms. The van der Waals surface area contributed by atoms with Crippen molar-refractivity contribution in [3.63, 3.8) is 0 Å². The Kier molecular flexibility index (Phi) is 6.54. The molecule has 3 rings (SSSR count). The topological polar surface area (TPSA) is 88.2 Å². The van der Waals surface area contributed by atoms with Crippen LogP contribution < -0.4 is 20.4 Å². The highest BCUT2D eigenvalue weighted by Gasteiger charge is 2.30. The number of hydrogen-bond acceptors (Lipinski definition) is 5. The molecule has 0 aliphatic carbocycles. The Labute approximate surface area is 166 Å². The van der Waals surface area contributed by atoms with Gasteiger partial charge in [0, 0.05) is 17.8 Å². The van der Waals surface area contributed by atoms with Crippen molar-refractivity contribution in [2.45, 2.75) is 30.5 Å². The summed E-state index contributed by atoms with van der Waals surface area (Å²) < 4.78 is 11.9. The van der Waals surface area contributed by atoms with Gasteiger partial charge in [-0.05, 0) is 59.3 Å². The highest BCUT2D eigenvalue weighted by molar-refractivity contribution is 8.00. The summed E-state index contributed by atoms with van der Waals surface area (Å²) in [4.78, 5) is 24.9. The molecule has 8 heteroatoms. The van der Waals surface area contributed by atoms with Gasteiger partial charge in [0.25, 0.3) is 0 Å². The maximum Gasteiger partial charge on any atom is 0.442 e. The van der Waals surface area contributed by atoms with Crippen LogP contribution in [0.1, 0.15) is 20.3 Å². The summed E-state index contributed by atoms with van der Waals surface area (Å²) in [6.45, 7) is 4.40. The molecule has 1 atom stereocenters. The van der Waals surface area contributed by atoms with Crippen LogP contribution in [0.4, 0.5) is 5.69 Å². The number of H-pyrrole nitrogens is 1. The molecule has 1 aromatic heterocycles. The van der Waals surface area contributed by atoms with E-state index in [1.165, 1.54) is 11.8 Å². The fourth-order valence-corrected chi connectivity index (χ4v) is 3.58. The van der Waals surface area contributed by atoms with Crippen LogP contribution in [0.15, 0.2) is 68.9 Å². The molecule has 0 saturated carbocycles. The number of hydrogen-bond donors (Lipinski definition) is 2. The van der Waals surface area contributed by atoms with Gasteiger partial charge >= 0.3 is 10.7 Å². The van der Waals surface area contributed by atoms with Gasteiger partial charge in [0.15, 0.2) is 0 Å². The van der Waals surface area contributed by atoms with Gasteiger partial charge in [0.2, 0.25) is 11.6 Å². The Hall–Kier alpha value is -3.00. The number of nitrogens with zero attached hydrogens (tertiary/aromatic N) is 1. The first kappa shape index (κ1) is 19.8. The van der Waals surface area contributed by atoms with Crippen molar-refractivity contribution in [1.82, 2.24) is 5.27 Å². The first-order valence-electron chi connectivity index (χ1n) is 9.01. The van der Waals surface area contributed by atoms with E-state index in [4.69, 9.17) is 9.26 Å². The molecular weight excluding hydrogens is 378 g/mol. The maximum atomic E-state index is 12.7. The quantitative estimate of drug-likeness (QED) is 0.448. The van der Waals surface area contributed by atoms with Gasteiger partial charge in [-0.25, -0.2) is 4.79 Å².